The van der Waals surface area contributed by atoms with Crippen molar-refractivity contribution in [2.45, 2.75) is 12.9 Å². The van der Waals surface area contributed by atoms with Crippen LogP contribution in [0.3, 0.4) is 0 Å². The van der Waals surface area contributed by atoms with Crippen LogP contribution in [0.5, 0.6) is 5.75 Å². The van der Waals surface area contributed by atoms with Gasteiger partial charge in [0.1, 0.15) is 17.1 Å². The number of Topliss-reactive ketones (excluding diaryl/α,β-unsaturated/α-hetero) is 1. The number of nitrogens with zero attached hydrogens (tertiary/aromatic N) is 2. The molecule has 1 aromatic heterocycles. The zero-order chi connectivity index (χ0) is 26.0. The number of benzene rings is 3. The molecule has 0 aliphatic heterocycles. The Labute approximate surface area is 202 Å². The fourth-order valence-corrected chi connectivity index (χ4v) is 3.68. The first kappa shape index (κ1) is 24.6. The Morgan fingerprint density at radius 3 is 2.22 bits per heavy atom. The van der Waals surface area contributed by atoms with Gasteiger partial charge in [0, 0.05) is 18.3 Å². The van der Waals surface area contributed by atoms with Gasteiger partial charge in [0.25, 0.3) is 11.5 Å². The zero-order valence-corrected chi connectivity index (χ0v) is 18.8. The number of rotatable bonds is 6. The van der Waals surface area contributed by atoms with Gasteiger partial charge in [0.05, 0.1) is 12.1 Å². The molecule has 0 atom stereocenters. The van der Waals surface area contributed by atoms with Gasteiger partial charge in [-0.05, 0) is 66.0 Å². The molecule has 0 saturated heterocycles. The van der Waals surface area contributed by atoms with Crippen LogP contribution in [0.2, 0.25) is 0 Å². The number of hydrogen-bond donors (Lipinski definition) is 0. The first-order chi connectivity index (χ1) is 17.0. The molecule has 6 nitrogen and oxygen atoms in total. The maximum atomic E-state index is 13.4. The van der Waals surface area contributed by atoms with E-state index in [0.29, 0.717) is 16.6 Å². The zero-order valence-electron chi connectivity index (χ0n) is 18.8. The number of aromatic nitrogens is 1. The van der Waals surface area contributed by atoms with E-state index in [9.17, 15) is 31.9 Å². The number of carbonyl (C=O) groups excluding carboxylic acids is 2. The average molecular weight is 498 g/mol. The minimum Gasteiger partial charge on any atom is -0.406 e. The first-order valence-corrected chi connectivity index (χ1v) is 10.6. The lowest BCUT2D eigenvalue weighted by Crippen LogP contribution is -2.35. The Hall–Kier alpha value is -4.47. The Balaban J connectivity index is 1.69. The minimum absolute atomic E-state index is 0.0562. The molecule has 0 aliphatic carbocycles. The molecule has 184 valence electrons. The van der Waals surface area contributed by atoms with Gasteiger partial charge >= 0.3 is 6.36 Å². The van der Waals surface area contributed by atoms with Crippen LogP contribution in [-0.2, 0) is 6.54 Å². The molecule has 0 fully saturated rings. The molecule has 0 bridgehead atoms. The van der Waals surface area contributed by atoms with Crippen molar-refractivity contribution in [1.29, 1.82) is 0 Å². The van der Waals surface area contributed by atoms with Crippen molar-refractivity contribution in [3.8, 4) is 5.75 Å². The van der Waals surface area contributed by atoms with E-state index in [2.05, 4.69) is 4.74 Å². The molecule has 10 heteroatoms. The molecule has 0 spiro atoms. The third-order valence-electron chi connectivity index (χ3n) is 5.46. The predicted molar refractivity (Wildman–Crippen MR) is 125 cm³/mol. The monoisotopic (exact) mass is 498 g/mol. The third kappa shape index (κ3) is 5.27. The van der Waals surface area contributed by atoms with Gasteiger partial charge in [-0.1, -0.05) is 18.2 Å². The molecule has 4 aromatic rings. The summed E-state index contributed by atoms with van der Waals surface area (Å²) >= 11 is 0. The van der Waals surface area contributed by atoms with E-state index in [1.807, 2.05) is 0 Å². The van der Waals surface area contributed by atoms with Crippen molar-refractivity contribution in [3.05, 3.63) is 106 Å². The van der Waals surface area contributed by atoms with Gasteiger partial charge in [-0.2, -0.15) is 0 Å². The highest BCUT2D eigenvalue weighted by molar-refractivity contribution is 6.07. The quantitative estimate of drug-likeness (QED) is 0.271. The van der Waals surface area contributed by atoms with Crippen molar-refractivity contribution >= 4 is 28.3 Å². The van der Waals surface area contributed by atoms with E-state index in [1.165, 1.54) is 42.3 Å². The molecule has 0 unspecified atom stereocenters. The number of carbonyl (C=O) groups is 2. The summed E-state index contributed by atoms with van der Waals surface area (Å²) in [7, 11) is 1.43. The highest BCUT2D eigenvalue weighted by Gasteiger charge is 2.31. The van der Waals surface area contributed by atoms with Crippen LogP contribution in [0.4, 0.5) is 23.2 Å². The summed E-state index contributed by atoms with van der Waals surface area (Å²) in [5.74, 6) is -2.19. The number of hydrogen-bond acceptors (Lipinski definition) is 4. The predicted octanol–water partition coefficient (Wildman–Crippen LogP) is 5.20. The third-order valence-corrected chi connectivity index (χ3v) is 5.46. The maximum absolute atomic E-state index is 13.4. The largest absolute Gasteiger partial charge is 0.573 e. The summed E-state index contributed by atoms with van der Waals surface area (Å²) in [5.41, 5.74) is -0.118. The molecular formula is C26H18F4N2O4. The van der Waals surface area contributed by atoms with E-state index in [-0.39, 0.29) is 11.1 Å². The average Bonchev–Trinajstić information content (AvgIpc) is 2.84. The number of ketones is 1. The SMILES string of the molecule is CN(C(=O)c1cc2ccccc2n(CC(=O)c2ccc(OC(F)(F)F)cc2)c1=O)c1ccc(F)cc1. The smallest absolute Gasteiger partial charge is 0.406 e. The molecule has 36 heavy (non-hydrogen) atoms. The number of amides is 1. The number of alkyl halides is 3. The number of ether oxygens (including phenoxy) is 1. The number of pyridine rings is 1. The maximum Gasteiger partial charge on any atom is 0.573 e. The lowest BCUT2D eigenvalue weighted by atomic mass is 10.1. The number of para-hydroxylation sites is 1. The van der Waals surface area contributed by atoms with Crippen molar-refractivity contribution in [2.24, 2.45) is 0 Å². The normalized spacial score (nSPS) is 11.4. The van der Waals surface area contributed by atoms with Gasteiger partial charge in [-0.25, -0.2) is 4.39 Å². The molecule has 0 radical (unpaired) electrons. The Kier molecular flexibility index (Phi) is 6.61. The van der Waals surface area contributed by atoms with E-state index < -0.39 is 41.7 Å². The summed E-state index contributed by atoms with van der Waals surface area (Å²) in [4.78, 5) is 40.6. The van der Waals surface area contributed by atoms with Crippen molar-refractivity contribution < 1.29 is 31.9 Å². The highest BCUT2D eigenvalue weighted by atomic mass is 19.4. The summed E-state index contributed by atoms with van der Waals surface area (Å²) in [6.07, 6.45) is -4.87. The van der Waals surface area contributed by atoms with Gasteiger partial charge in [-0.15, -0.1) is 13.2 Å². The first-order valence-electron chi connectivity index (χ1n) is 10.6. The van der Waals surface area contributed by atoms with Crippen LogP contribution >= 0.6 is 0 Å². The summed E-state index contributed by atoms with van der Waals surface area (Å²) in [6, 6.07) is 17.5. The van der Waals surface area contributed by atoms with Crippen LogP contribution in [0, 0.1) is 5.82 Å². The Bertz CT molecular complexity index is 1490. The standard InChI is InChI=1S/C26H18F4N2O4/c1-31(19-10-8-18(27)9-11-19)24(34)21-14-17-4-2-3-5-22(17)32(25(21)35)15-23(33)16-6-12-20(13-7-16)36-26(28,29)30/h2-14H,15H2,1H3. The number of fused-ring (bicyclic) bond motifs is 1. The van der Waals surface area contributed by atoms with E-state index in [0.717, 1.165) is 28.8 Å². The molecule has 4 rings (SSSR count). The number of anilines is 1. The summed E-state index contributed by atoms with van der Waals surface area (Å²) < 4.78 is 55.4. The van der Waals surface area contributed by atoms with Gasteiger partial charge in [0.15, 0.2) is 5.78 Å². The van der Waals surface area contributed by atoms with Crippen LogP contribution < -0.4 is 15.2 Å². The fraction of sp³-hybridized carbons (Fsp3) is 0.115. The Morgan fingerprint density at radius 1 is 0.944 bits per heavy atom. The molecular weight excluding hydrogens is 480 g/mol. The van der Waals surface area contributed by atoms with E-state index >= 15 is 0 Å². The lowest BCUT2D eigenvalue weighted by Gasteiger charge is -2.19. The molecule has 0 saturated carbocycles. The minimum atomic E-state index is -4.87. The molecule has 1 amide bonds. The van der Waals surface area contributed by atoms with Crippen molar-refractivity contribution in [2.75, 3.05) is 11.9 Å². The fourth-order valence-electron chi connectivity index (χ4n) is 3.68. The second-order valence-corrected chi connectivity index (χ2v) is 7.84. The van der Waals surface area contributed by atoms with Crippen LogP contribution in [0.15, 0.2) is 83.7 Å². The van der Waals surface area contributed by atoms with Gasteiger partial charge < -0.3 is 9.64 Å². The van der Waals surface area contributed by atoms with Crippen molar-refractivity contribution in [3.63, 3.8) is 0 Å². The Morgan fingerprint density at radius 2 is 1.58 bits per heavy atom. The summed E-state index contributed by atoms with van der Waals surface area (Å²) in [5, 5.41) is 0.523. The van der Waals surface area contributed by atoms with E-state index in [4.69, 9.17) is 0 Å². The van der Waals surface area contributed by atoms with Gasteiger partial charge in [0.2, 0.25) is 0 Å². The van der Waals surface area contributed by atoms with E-state index in [1.54, 1.807) is 24.3 Å². The molecule has 3 aromatic carbocycles. The second-order valence-electron chi connectivity index (χ2n) is 7.84. The molecule has 0 N–H and O–H groups in total. The number of halogens is 4. The van der Waals surface area contributed by atoms with Crippen LogP contribution in [-0.4, -0.2) is 29.7 Å². The summed E-state index contributed by atoms with van der Waals surface area (Å²) in [6.45, 7) is -0.458. The molecule has 0 aliphatic rings. The molecule has 1 heterocycles. The lowest BCUT2D eigenvalue weighted by molar-refractivity contribution is -0.274. The van der Waals surface area contributed by atoms with Crippen molar-refractivity contribution in [1.82, 2.24) is 4.57 Å². The van der Waals surface area contributed by atoms with Crippen LogP contribution in [0.1, 0.15) is 20.7 Å². The topological polar surface area (TPSA) is 68.6 Å². The van der Waals surface area contributed by atoms with Gasteiger partial charge in [-0.3, -0.25) is 19.0 Å². The second kappa shape index (κ2) is 9.65. The highest BCUT2D eigenvalue weighted by Crippen LogP contribution is 2.23. The van der Waals surface area contributed by atoms with Crippen LogP contribution in [0.25, 0.3) is 10.9 Å².